The van der Waals surface area contributed by atoms with Crippen LogP contribution in [0.25, 0.3) is 0 Å². The maximum absolute atomic E-state index is 13.1. The third-order valence-electron chi connectivity index (χ3n) is 2.50. The predicted octanol–water partition coefficient (Wildman–Crippen LogP) is 4.66. The summed E-state index contributed by atoms with van der Waals surface area (Å²) in [7, 11) is 0. The predicted molar refractivity (Wildman–Crippen MR) is 78.5 cm³/mol. The molecule has 0 atom stereocenters. The summed E-state index contributed by atoms with van der Waals surface area (Å²) in [5.74, 6) is -5.84. The van der Waals surface area contributed by atoms with Gasteiger partial charge in [-0.1, -0.05) is 64.0 Å². The third-order valence-corrected chi connectivity index (χ3v) is 6.50. The molecule has 0 fully saturated rings. The Bertz CT molecular complexity index is 568. The van der Waals surface area contributed by atoms with Crippen LogP contribution in [0.4, 0.5) is 27.1 Å². The number of anilines is 1. The largest absolute Gasteiger partial charge is 0.460 e. The Kier molecular flexibility index (Phi) is 5.31. The molecule has 22 heavy (non-hydrogen) atoms. The highest BCUT2D eigenvalue weighted by Gasteiger charge is 2.61. The van der Waals surface area contributed by atoms with E-state index in [4.69, 9.17) is 0 Å². The van der Waals surface area contributed by atoms with E-state index in [1.54, 1.807) is 20.8 Å². The third kappa shape index (κ3) is 3.75. The first-order valence-electron chi connectivity index (χ1n) is 5.58. The lowest BCUT2D eigenvalue weighted by atomic mass is 9.91. The molecule has 12 heteroatoms. The summed E-state index contributed by atoms with van der Waals surface area (Å²) in [4.78, 5) is 12.1. The Hall–Kier alpha value is -0.360. The molecule has 0 saturated carbocycles. The van der Waals surface area contributed by atoms with Crippen LogP contribution in [0.5, 0.6) is 0 Å². The first-order valence-corrected chi connectivity index (χ1v) is 7.98. The zero-order valence-corrected chi connectivity index (χ0v) is 15.3. The summed E-state index contributed by atoms with van der Waals surface area (Å²) < 4.78 is 61.6. The molecular formula is C10H10Br2F5N3OS. The molecule has 1 aromatic heterocycles. The summed E-state index contributed by atoms with van der Waals surface area (Å²) in [5, 5.41) is 6.09. The molecule has 4 nitrogen and oxygen atoms in total. The molecule has 0 bridgehead atoms. The Balaban J connectivity index is 2.98. The molecule has 1 rings (SSSR count). The van der Waals surface area contributed by atoms with Gasteiger partial charge in [0.1, 0.15) is 0 Å². The average molecular weight is 475 g/mol. The highest BCUT2D eigenvalue weighted by Crippen LogP contribution is 2.47. The van der Waals surface area contributed by atoms with E-state index in [1.165, 1.54) is 0 Å². The molecule has 1 amide bonds. The van der Waals surface area contributed by atoms with E-state index in [0.717, 1.165) is 0 Å². The summed E-state index contributed by atoms with van der Waals surface area (Å²) in [6.45, 7) is 5.12. The minimum absolute atomic E-state index is 0.0441. The number of alkyl halides is 7. The van der Waals surface area contributed by atoms with Gasteiger partial charge in [-0.15, -0.1) is 10.2 Å². The second-order valence-corrected chi connectivity index (χ2v) is 9.68. The van der Waals surface area contributed by atoms with Crippen LogP contribution in [0.1, 0.15) is 25.8 Å². The summed E-state index contributed by atoms with van der Waals surface area (Å²) in [5.41, 5.74) is -0.624. The monoisotopic (exact) mass is 473 g/mol. The van der Waals surface area contributed by atoms with Crippen molar-refractivity contribution >= 4 is 54.2 Å². The van der Waals surface area contributed by atoms with Crippen molar-refractivity contribution in [1.29, 1.82) is 0 Å². The van der Waals surface area contributed by atoms with Gasteiger partial charge in [0.2, 0.25) is 5.13 Å². The van der Waals surface area contributed by atoms with Gasteiger partial charge in [0, 0.05) is 0 Å². The van der Waals surface area contributed by atoms with Gasteiger partial charge in [0.25, 0.3) is 5.91 Å². The van der Waals surface area contributed by atoms with Crippen LogP contribution >= 0.6 is 43.2 Å². The second kappa shape index (κ2) is 5.93. The van der Waals surface area contributed by atoms with Crippen LogP contribution < -0.4 is 5.32 Å². The summed E-state index contributed by atoms with van der Waals surface area (Å²) in [6.07, 6.45) is -5.78. The molecule has 1 N–H and O–H groups in total. The minimum atomic E-state index is -5.78. The molecule has 0 saturated heterocycles. The van der Waals surface area contributed by atoms with E-state index in [9.17, 15) is 26.7 Å². The van der Waals surface area contributed by atoms with E-state index in [0.29, 0.717) is 0 Å². The van der Waals surface area contributed by atoms with Crippen molar-refractivity contribution in [3.05, 3.63) is 5.01 Å². The van der Waals surface area contributed by atoms with Gasteiger partial charge in [-0.25, -0.2) is 0 Å². The Morgan fingerprint density at radius 1 is 1.09 bits per heavy atom. The molecule has 0 aliphatic carbocycles. The lowest BCUT2D eigenvalue weighted by molar-refractivity contribution is -0.289. The SMILES string of the molecule is CC(C)(C)C(Br)(Br)C(=O)Nc1nnc(C(F)(F)C(F)(F)F)s1. The number of hydrogen-bond acceptors (Lipinski definition) is 4. The van der Waals surface area contributed by atoms with Crippen LogP contribution in [0.3, 0.4) is 0 Å². The van der Waals surface area contributed by atoms with E-state index in [2.05, 4.69) is 47.4 Å². The first-order chi connectivity index (χ1) is 9.60. The van der Waals surface area contributed by atoms with Gasteiger partial charge in [0.05, 0.1) is 0 Å². The topological polar surface area (TPSA) is 54.9 Å². The molecule has 1 heterocycles. The zero-order valence-electron chi connectivity index (χ0n) is 11.4. The van der Waals surface area contributed by atoms with Crippen LogP contribution in [0.15, 0.2) is 0 Å². The van der Waals surface area contributed by atoms with Crippen molar-refractivity contribution in [2.24, 2.45) is 5.41 Å². The first kappa shape index (κ1) is 19.7. The normalized spacial score (nSPS) is 14.1. The minimum Gasteiger partial charge on any atom is -0.299 e. The number of carbonyl (C=O) groups excluding carboxylic acids is 1. The molecule has 0 aliphatic heterocycles. The molecule has 126 valence electrons. The van der Waals surface area contributed by atoms with E-state index in [-0.39, 0.29) is 11.3 Å². The number of halogens is 7. The number of hydrogen-bond donors (Lipinski definition) is 1. The summed E-state index contributed by atoms with van der Waals surface area (Å²) in [6, 6.07) is 0. The van der Waals surface area contributed by atoms with Crippen molar-refractivity contribution < 1.29 is 26.7 Å². The maximum atomic E-state index is 13.1. The standard InChI is InChI=1S/C10H10Br2F5N3OS/c1-7(2,3)8(11,12)4(21)18-6-20-19-5(22-6)9(13,14)10(15,16)17/h1-3H3,(H,18,20,21). The second-order valence-electron chi connectivity index (χ2n) is 5.26. The van der Waals surface area contributed by atoms with Crippen LogP contribution in [-0.2, 0) is 10.7 Å². The number of amides is 1. The molecule has 0 aromatic carbocycles. The highest BCUT2D eigenvalue weighted by atomic mass is 79.9. The quantitative estimate of drug-likeness (QED) is 0.512. The van der Waals surface area contributed by atoms with Crippen molar-refractivity contribution in [1.82, 2.24) is 10.2 Å². The summed E-state index contributed by atoms with van der Waals surface area (Å²) >= 11 is 6.23. The smallest absolute Gasteiger partial charge is 0.299 e. The van der Waals surface area contributed by atoms with Gasteiger partial charge in [-0.3, -0.25) is 10.1 Å². The Morgan fingerprint density at radius 2 is 1.59 bits per heavy atom. The number of nitrogens with one attached hydrogen (secondary N) is 1. The molecule has 0 spiro atoms. The average Bonchev–Trinajstić information content (AvgIpc) is 2.74. The Morgan fingerprint density at radius 3 is 2.00 bits per heavy atom. The zero-order chi connectivity index (χ0) is 17.6. The van der Waals surface area contributed by atoms with Crippen molar-refractivity contribution in [2.75, 3.05) is 5.32 Å². The van der Waals surface area contributed by atoms with Crippen molar-refractivity contribution in [2.45, 2.75) is 36.1 Å². The van der Waals surface area contributed by atoms with E-state index in [1.807, 2.05) is 0 Å². The van der Waals surface area contributed by atoms with E-state index < -0.39 is 36.8 Å². The molecule has 0 aliphatic rings. The lowest BCUT2D eigenvalue weighted by Gasteiger charge is -2.32. The Labute approximate surface area is 143 Å². The fourth-order valence-corrected chi connectivity index (χ4v) is 1.97. The number of rotatable bonds is 3. The lowest BCUT2D eigenvalue weighted by Crippen LogP contribution is -2.42. The molecule has 1 aromatic rings. The fraction of sp³-hybridized carbons (Fsp3) is 0.700. The van der Waals surface area contributed by atoms with Crippen molar-refractivity contribution in [3.63, 3.8) is 0 Å². The number of aromatic nitrogens is 2. The van der Waals surface area contributed by atoms with Crippen LogP contribution in [-0.4, -0.2) is 25.5 Å². The van der Waals surface area contributed by atoms with Gasteiger partial charge in [-0.05, 0) is 5.41 Å². The fourth-order valence-electron chi connectivity index (χ4n) is 1.04. The highest BCUT2D eigenvalue weighted by molar-refractivity contribution is 9.26. The van der Waals surface area contributed by atoms with Crippen LogP contribution in [0.2, 0.25) is 0 Å². The van der Waals surface area contributed by atoms with Gasteiger partial charge in [0.15, 0.2) is 8.24 Å². The number of carbonyl (C=O) groups is 1. The molecular weight excluding hydrogens is 465 g/mol. The van der Waals surface area contributed by atoms with Gasteiger partial charge >= 0.3 is 12.1 Å². The van der Waals surface area contributed by atoms with Crippen LogP contribution in [0, 0.1) is 5.41 Å². The van der Waals surface area contributed by atoms with Gasteiger partial charge < -0.3 is 0 Å². The maximum Gasteiger partial charge on any atom is 0.460 e. The van der Waals surface area contributed by atoms with Gasteiger partial charge in [-0.2, -0.15) is 22.0 Å². The molecule has 0 radical (unpaired) electrons. The number of nitrogens with zero attached hydrogens (tertiary/aromatic N) is 2. The van der Waals surface area contributed by atoms with Crippen molar-refractivity contribution in [3.8, 4) is 0 Å². The van der Waals surface area contributed by atoms with E-state index >= 15 is 0 Å². The molecule has 0 unspecified atom stereocenters.